The largest absolute Gasteiger partial charge is 0.337 e. The summed E-state index contributed by atoms with van der Waals surface area (Å²) in [5.74, 6) is 1.22. The molecule has 5 rings (SSSR count). The predicted octanol–water partition coefficient (Wildman–Crippen LogP) is 1.67. The summed E-state index contributed by atoms with van der Waals surface area (Å²) in [5, 5.41) is 17.9. The van der Waals surface area contributed by atoms with Crippen LogP contribution in [-0.4, -0.2) is 53.5 Å². The van der Waals surface area contributed by atoms with Crippen LogP contribution >= 0.6 is 0 Å². The second-order valence-electron chi connectivity index (χ2n) is 7.66. The molecule has 140 valence electrons. The Morgan fingerprint density at radius 3 is 2.67 bits per heavy atom. The van der Waals surface area contributed by atoms with Gasteiger partial charge >= 0.3 is 0 Å². The maximum Gasteiger partial charge on any atom is 0.274 e. The molecular formula is C19H23N7O. The zero-order valence-corrected chi connectivity index (χ0v) is 15.7. The number of rotatable bonds is 2. The van der Waals surface area contributed by atoms with Gasteiger partial charge in [0, 0.05) is 31.7 Å². The van der Waals surface area contributed by atoms with Crippen molar-refractivity contribution in [3.8, 4) is 0 Å². The number of carbonyl (C=O) groups excluding carboxylic acids is 1. The van der Waals surface area contributed by atoms with Crippen LogP contribution in [0.2, 0.25) is 0 Å². The average molecular weight is 365 g/mol. The Morgan fingerprint density at radius 2 is 1.93 bits per heavy atom. The summed E-state index contributed by atoms with van der Waals surface area (Å²) in [4.78, 5) is 14.6. The Kier molecular flexibility index (Phi) is 3.73. The van der Waals surface area contributed by atoms with E-state index in [-0.39, 0.29) is 11.8 Å². The molecule has 27 heavy (non-hydrogen) atoms. The van der Waals surface area contributed by atoms with Crippen molar-refractivity contribution in [2.75, 3.05) is 13.1 Å². The first kappa shape index (κ1) is 16.4. The Morgan fingerprint density at radius 1 is 1.11 bits per heavy atom. The average Bonchev–Trinajstić information content (AvgIpc) is 3.38. The maximum atomic E-state index is 12.7. The third-order valence-corrected chi connectivity index (χ3v) is 5.92. The first-order chi connectivity index (χ1) is 13.1. The second-order valence-corrected chi connectivity index (χ2v) is 7.66. The van der Waals surface area contributed by atoms with Crippen molar-refractivity contribution in [2.24, 2.45) is 7.05 Å². The number of hydrogen-bond donors (Lipinski definition) is 0. The monoisotopic (exact) mass is 365 g/mol. The molecular weight excluding hydrogens is 342 g/mol. The van der Waals surface area contributed by atoms with E-state index in [1.54, 1.807) is 4.68 Å². The van der Waals surface area contributed by atoms with Crippen molar-refractivity contribution in [3.05, 3.63) is 40.6 Å². The number of likely N-dealkylation sites (tertiary alicyclic amines) is 1. The summed E-state index contributed by atoms with van der Waals surface area (Å²) in [6.45, 7) is 3.37. The Balaban J connectivity index is 1.33. The van der Waals surface area contributed by atoms with Gasteiger partial charge in [-0.1, -0.05) is 0 Å². The third-order valence-electron chi connectivity index (χ3n) is 5.92. The fourth-order valence-electron chi connectivity index (χ4n) is 4.22. The molecule has 0 atom stereocenters. The Bertz CT molecular complexity index is 1010. The van der Waals surface area contributed by atoms with E-state index >= 15 is 0 Å². The lowest BCUT2D eigenvalue weighted by Crippen LogP contribution is -2.38. The van der Waals surface area contributed by atoms with E-state index in [1.165, 1.54) is 17.7 Å². The molecule has 1 aliphatic heterocycles. The Labute approximate surface area is 157 Å². The quantitative estimate of drug-likeness (QED) is 0.690. The maximum absolute atomic E-state index is 12.7. The molecule has 0 unspecified atom stereocenters. The van der Waals surface area contributed by atoms with E-state index in [0.717, 1.165) is 42.8 Å². The summed E-state index contributed by atoms with van der Waals surface area (Å²) >= 11 is 0. The number of fused-ring (bicyclic) bond motifs is 2. The van der Waals surface area contributed by atoms with Gasteiger partial charge < -0.3 is 4.90 Å². The van der Waals surface area contributed by atoms with Crippen molar-refractivity contribution in [2.45, 2.75) is 44.9 Å². The SMILES string of the molecule is Cc1cc(C(=O)N2CCC(c3nnc4cc5c(nn34)CCC5)CC2)nn1C. The van der Waals surface area contributed by atoms with Gasteiger partial charge in [0.15, 0.2) is 17.2 Å². The molecule has 1 fully saturated rings. The van der Waals surface area contributed by atoms with Gasteiger partial charge in [-0.05, 0) is 56.7 Å². The van der Waals surface area contributed by atoms with Crippen molar-refractivity contribution in [1.29, 1.82) is 0 Å². The third kappa shape index (κ3) is 2.70. The zero-order chi connectivity index (χ0) is 18.5. The minimum Gasteiger partial charge on any atom is -0.337 e. The van der Waals surface area contributed by atoms with E-state index < -0.39 is 0 Å². The summed E-state index contributed by atoms with van der Waals surface area (Å²) < 4.78 is 3.67. The standard InChI is InChI=1S/C19H23N7O/c1-12-10-16(22-24(12)2)19(27)25-8-6-13(7-9-25)18-21-20-17-11-14-4-3-5-15(14)23-26(17)18/h10-11,13H,3-9H2,1-2H3. The van der Waals surface area contributed by atoms with Crippen LogP contribution in [0, 0.1) is 6.92 Å². The zero-order valence-electron chi connectivity index (χ0n) is 15.7. The lowest BCUT2D eigenvalue weighted by atomic mass is 9.96. The number of carbonyl (C=O) groups is 1. The van der Waals surface area contributed by atoms with Crippen molar-refractivity contribution in [3.63, 3.8) is 0 Å². The highest BCUT2D eigenvalue weighted by Crippen LogP contribution is 2.29. The van der Waals surface area contributed by atoms with Gasteiger partial charge in [0.25, 0.3) is 5.91 Å². The van der Waals surface area contributed by atoms with Crippen LogP contribution in [0.15, 0.2) is 12.1 Å². The van der Waals surface area contributed by atoms with Crippen LogP contribution < -0.4 is 0 Å². The summed E-state index contributed by atoms with van der Waals surface area (Å²) in [6.07, 6.45) is 5.05. The van der Waals surface area contributed by atoms with Gasteiger partial charge in [-0.3, -0.25) is 9.48 Å². The highest BCUT2D eigenvalue weighted by molar-refractivity contribution is 5.92. The van der Waals surface area contributed by atoms with Crippen molar-refractivity contribution in [1.82, 2.24) is 34.5 Å². The smallest absolute Gasteiger partial charge is 0.274 e. The molecule has 4 heterocycles. The molecule has 2 aliphatic rings. The molecule has 0 N–H and O–H groups in total. The number of aromatic nitrogens is 6. The topological polar surface area (TPSA) is 81.2 Å². The number of amides is 1. The molecule has 1 saturated heterocycles. The van der Waals surface area contributed by atoms with Crippen LogP contribution in [0.5, 0.6) is 0 Å². The number of nitrogens with zero attached hydrogens (tertiary/aromatic N) is 7. The lowest BCUT2D eigenvalue weighted by molar-refractivity contribution is 0.0704. The van der Waals surface area contributed by atoms with Crippen LogP contribution in [0.25, 0.3) is 5.65 Å². The molecule has 0 saturated carbocycles. The minimum absolute atomic E-state index is 0.0131. The molecule has 8 nitrogen and oxygen atoms in total. The van der Waals surface area contributed by atoms with Gasteiger partial charge in [0.1, 0.15) is 0 Å². The molecule has 3 aromatic heterocycles. The van der Waals surface area contributed by atoms with Gasteiger partial charge in [0.2, 0.25) is 0 Å². The lowest BCUT2D eigenvalue weighted by Gasteiger charge is -2.30. The summed E-state index contributed by atoms with van der Waals surface area (Å²) in [6, 6.07) is 3.98. The first-order valence-electron chi connectivity index (χ1n) is 9.64. The van der Waals surface area contributed by atoms with Crippen LogP contribution in [0.4, 0.5) is 0 Å². The normalized spacial score (nSPS) is 17.6. The minimum atomic E-state index is 0.0131. The molecule has 0 radical (unpaired) electrons. The molecule has 3 aromatic rings. The van der Waals surface area contributed by atoms with Crippen LogP contribution in [0.1, 0.15) is 58.4 Å². The predicted molar refractivity (Wildman–Crippen MR) is 98.6 cm³/mol. The van der Waals surface area contributed by atoms with Gasteiger partial charge in [-0.15, -0.1) is 10.2 Å². The molecule has 0 bridgehead atoms. The van der Waals surface area contributed by atoms with E-state index in [9.17, 15) is 4.79 Å². The second kappa shape index (κ2) is 6.14. The fraction of sp³-hybridized carbons (Fsp3) is 0.526. The molecule has 1 aliphatic carbocycles. The van der Waals surface area contributed by atoms with E-state index in [0.29, 0.717) is 18.8 Å². The molecule has 8 heteroatoms. The number of aryl methyl sites for hydroxylation is 4. The van der Waals surface area contributed by atoms with Gasteiger partial charge in [-0.25, -0.2) is 0 Å². The van der Waals surface area contributed by atoms with E-state index in [4.69, 9.17) is 5.10 Å². The van der Waals surface area contributed by atoms with Crippen molar-refractivity contribution >= 4 is 11.6 Å². The van der Waals surface area contributed by atoms with E-state index in [1.807, 2.05) is 29.5 Å². The van der Waals surface area contributed by atoms with Crippen LogP contribution in [-0.2, 0) is 19.9 Å². The van der Waals surface area contributed by atoms with Crippen LogP contribution in [0.3, 0.4) is 0 Å². The van der Waals surface area contributed by atoms with E-state index in [2.05, 4.69) is 21.4 Å². The summed E-state index contributed by atoms with van der Waals surface area (Å²) in [7, 11) is 1.86. The number of hydrogen-bond acceptors (Lipinski definition) is 5. The molecule has 1 amide bonds. The molecule has 0 aromatic carbocycles. The first-order valence-corrected chi connectivity index (χ1v) is 9.64. The fourth-order valence-corrected chi connectivity index (χ4v) is 4.22. The highest BCUT2D eigenvalue weighted by Gasteiger charge is 2.29. The molecule has 0 spiro atoms. The number of piperidine rings is 1. The highest BCUT2D eigenvalue weighted by atomic mass is 16.2. The van der Waals surface area contributed by atoms with Gasteiger partial charge in [-0.2, -0.15) is 14.7 Å². The Hall–Kier alpha value is -2.77. The van der Waals surface area contributed by atoms with Gasteiger partial charge in [0.05, 0.1) is 5.69 Å². The van der Waals surface area contributed by atoms with Crippen molar-refractivity contribution < 1.29 is 4.79 Å². The summed E-state index contributed by atoms with van der Waals surface area (Å²) in [5.41, 5.74) is 4.85.